The lowest BCUT2D eigenvalue weighted by Crippen LogP contribution is -2.25. The first kappa shape index (κ1) is 29.9. The highest BCUT2D eigenvalue weighted by molar-refractivity contribution is 7.92. The number of aromatic nitrogens is 5. The second-order valence-electron chi connectivity index (χ2n) is 11.3. The number of ether oxygens (including phenoxy) is 1. The number of fused-ring (bicyclic) bond motifs is 1. The molecule has 6 rings (SSSR count). The second kappa shape index (κ2) is 11.4. The number of carbonyl (C=O) groups is 1. The van der Waals surface area contributed by atoms with Crippen molar-refractivity contribution in [3.63, 3.8) is 0 Å². The van der Waals surface area contributed by atoms with Crippen LogP contribution in [0.1, 0.15) is 56.3 Å². The van der Waals surface area contributed by atoms with E-state index in [2.05, 4.69) is 25.7 Å². The van der Waals surface area contributed by atoms with E-state index in [-0.39, 0.29) is 34.5 Å². The van der Waals surface area contributed by atoms with Crippen LogP contribution >= 0.6 is 0 Å². The number of imidazole rings is 1. The minimum Gasteiger partial charge on any atom is -0.358 e. The molecule has 1 aliphatic heterocycles. The molecule has 1 saturated carbocycles. The van der Waals surface area contributed by atoms with Gasteiger partial charge >= 0.3 is 0 Å². The van der Waals surface area contributed by atoms with Gasteiger partial charge in [-0.15, -0.1) is 0 Å². The molecule has 1 atom stereocenters. The van der Waals surface area contributed by atoms with Gasteiger partial charge in [0.2, 0.25) is 15.9 Å². The van der Waals surface area contributed by atoms with Gasteiger partial charge in [0.25, 0.3) is 6.43 Å². The number of nitrogens with one attached hydrogen (secondary N) is 2. The van der Waals surface area contributed by atoms with Gasteiger partial charge in [-0.3, -0.25) is 18.3 Å². The SMILES string of the molecule is Cc1c(-c2ccc(Nc3cc(NC(=O)C4CC4)nc4c3nc(C(F)F)n4C3CCCCO3)c(N(C)S(C)(=O)=O)c2)cnn1C. The number of pyridine rings is 1. The highest BCUT2D eigenvalue weighted by Gasteiger charge is 2.32. The molecule has 1 aromatic carbocycles. The summed E-state index contributed by atoms with van der Waals surface area (Å²) >= 11 is 0. The van der Waals surface area contributed by atoms with Gasteiger partial charge in [-0.25, -0.2) is 27.2 Å². The van der Waals surface area contributed by atoms with Crippen LogP contribution in [0.5, 0.6) is 0 Å². The van der Waals surface area contributed by atoms with Gasteiger partial charge in [-0.05, 0) is 56.7 Å². The number of alkyl halides is 2. The van der Waals surface area contributed by atoms with Gasteiger partial charge in [0.15, 0.2) is 11.5 Å². The van der Waals surface area contributed by atoms with E-state index in [0.717, 1.165) is 53.1 Å². The molecule has 2 fully saturated rings. The molecule has 2 aliphatic rings. The van der Waals surface area contributed by atoms with Crippen molar-refractivity contribution >= 4 is 50.0 Å². The Hall–Kier alpha value is -4.11. The summed E-state index contributed by atoms with van der Waals surface area (Å²) in [7, 11) is -0.453. The van der Waals surface area contributed by atoms with Crippen LogP contribution in [0.2, 0.25) is 0 Å². The van der Waals surface area contributed by atoms with Crippen LogP contribution in [-0.2, 0) is 26.6 Å². The molecule has 0 spiro atoms. The normalized spacial score (nSPS) is 17.3. The Balaban J connectivity index is 1.51. The summed E-state index contributed by atoms with van der Waals surface area (Å²) in [5.41, 5.74) is 3.67. The molecule has 44 heavy (non-hydrogen) atoms. The molecule has 2 N–H and O–H groups in total. The lowest BCUT2D eigenvalue weighted by atomic mass is 10.0. The zero-order chi connectivity index (χ0) is 31.3. The van der Waals surface area contributed by atoms with E-state index in [1.54, 1.807) is 23.0 Å². The van der Waals surface area contributed by atoms with Crippen LogP contribution in [0.4, 0.5) is 31.7 Å². The Morgan fingerprint density at radius 3 is 2.52 bits per heavy atom. The van der Waals surface area contributed by atoms with Crippen LogP contribution < -0.4 is 14.9 Å². The van der Waals surface area contributed by atoms with Crippen molar-refractivity contribution in [1.29, 1.82) is 0 Å². The number of halogens is 2. The molecule has 4 heterocycles. The average Bonchev–Trinajstić information content (AvgIpc) is 3.69. The van der Waals surface area contributed by atoms with Gasteiger partial charge in [0.05, 0.1) is 29.5 Å². The van der Waals surface area contributed by atoms with Crippen molar-refractivity contribution in [2.24, 2.45) is 13.0 Å². The molecule has 1 aliphatic carbocycles. The second-order valence-corrected chi connectivity index (χ2v) is 13.3. The third-order valence-electron chi connectivity index (χ3n) is 8.16. The summed E-state index contributed by atoms with van der Waals surface area (Å²) in [6.45, 7) is 2.33. The highest BCUT2D eigenvalue weighted by atomic mass is 32.2. The minimum absolute atomic E-state index is 0.120. The topological polar surface area (TPSA) is 136 Å². The number of amides is 1. The minimum atomic E-state index is -3.70. The van der Waals surface area contributed by atoms with E-state index in [0.29, 0.717) is 24.4 Å². The Morgan fingerprint density at radius 1 is 1.14 bits per heavy atom. The van der Waals surface area contributed by atoms with Crippen LogP contribution in [0.25, 0.3) is 22.3 Å². The molecule has 0 bridgehead atoms. The predicted molar refractivity (Wildman–Crippen MR) is 163 cm³/mol. The fourth-order valence-corrected chi connectivity index (χ4v) is 5.86. The molecular weight excluding hydrogens is 594 g/mol. The first-order valence-electron chi connectivity index (χ1n) is 14.4. The van der Waals surface area contributed by atoms with E-state index >= 15 is 0 Å². The first-order valence-corrected chi connectivity index (χ1v) is 16.2. The molecule has 4 aromatic rings. The van der Waals surface area contributed by atoms with Crippen molar-refractivity contribution in [1.82, 2.24) is 24.3 Å². The smallest absolute Gasteiger partial charge is 0.295 e. The predicted octanol–water partition coefficient (Wildman–Crippen LogP) is 5.26. The number of aryl methyl sites for hydroxylation is 1. The summed E-state index contributed by atoms with van der Waals surface area (Å²) in [4.78, 5) is 21.6. The highest BCUT2D eigenvalue weighted by Crippen LogP contribution is 2.40. The van der Waals surface area contributed by atoms with Crippen molar-refractivity contribution in [3.05, 3.63) is 42.0 Å². The fourth-order valence-electron chi connectivity index (χ4n) is 5.35. The van der Waals surface area contributed by atoms with Crippen LogP contribution in [-0.4, -0.2) is 58.6 Å². The van der Waals surface area contributed by atoms with E-state index < -0.39 is 28.5 Å². The quantitative estimate of drug-likeness (QED) is 0.256. The van der Waals surface area contributed by atoms with Gasteiger partial charge in [-0.2, -0.15) is 5.10 Å². The molecule has 3 aromatic heterocycles. The number of hydrogen-bond donors (Lipinski definition) is 2. The summed E-state index contributed by atoms with van der Waals surface area (Å²) in [5, 5.41) is 10.3. The summed E-state index contributed by atoms with van der Waals surface area (Å²) in [6.07, 6.45) is 2.85. The summed E-state index contributed by atoms with van der Waals surface area (Å²) in [6, 6.07) is 6.78. The maximum absolute atomic E-state index is 14.4. The largest absolute Gasteiger partial charge is 0.358 e. The van der Waals surface area contributed by atoms with Crippen molar-refractivity contribution in [3.8, 4) is 11.1 Å². The van der Waals surface area contributed by atoms with E-state index in [4.69, 9.17) is 4.74 Å². The number of sulfonamides is 1. The molecule has 1 unspecified atom stereocenters. The Labute approximate surface area is 253 Å². The lowest BCUT2D eigenvalue weighted by Gasteiger charge is -2.25. The molecule has 0 radical (unpaired) electrons. The molecule has 234 valence electrons. The molecule has 12 nitrogen and oxygen atoms in total. The number of anilines is 4. The summed E-state index contributed by atoms with van der Waals surface area (Å²) in [5.74, 6) is -0.657. The summed E-state index contributed by atoms with van der Waals surface area (Å²) < 4.78 is 64.3. The van der Waals surface area contributed by atoms with Crippen molar-refractivity contribution in [2.45, 2.75) is 51.7 Å². The first-order chi connectivity index (χ1) is 20.9. The van der Waals surface area contributed by atoms with Gasteiger partial charge in [0, 0.05) is 43.9 Å². The van der Waals surface area contributed by atoms with Crippen molar-refractivity contribution in [2.75, 3.05) is 34.8 Å². The van der Waals surface area contributed by atoms with Gasteiger partial charge < -0.3 is 15.4 Å². The third-order valence-corrected chi connectivity index (χ3v) is 9.36. The number of nitrogens with zero attached hydrogens (tertiary/aromatic N) is 6. The van der Waals surface area contributed by atoms with Crippen molar-refractivity contribution < 1.29 is 26.7 Å². The number of benzene rings is 1. The molecular formula is C29H34F2N8O4S. The zero-order valence-electron chi connectivity index (χ0n) is 24.8. The van der Waals surface area contributed by atoms with Crippen LogP contribution in [0.3, 0.4) is 0 Å². The Kier molecular flexibility index (Phi) is 7.78. The van der Waals surface area contributed by atoms with Crippen LogP contribution in [0, 0.1) is 12.8 Å². The average molecular weight is 629 g/mol. The molecule has 1 amide bonds. The van der Waals surface area contributed by atoms with Gasteiger partial charge in [-0.1, -0.05) is 6.07 Å². The van der Waals surface area contributed by atoms with E-state index in [9.17, 15) is 22.0 Å². The number of hydrogen-bond acceptors (Lipinski definition) is 8. The Morgan fingerprint density at radius 2 is 1.91 bits per heavy atom. The van der Waals surface area contributed by atoms with E-state index in [1.165, 1.54) is 17.7 Å². The standard InChI is InChI=1S/C29H34F2N8O4S/c1-16-19(15-32-37(16)2)18-10-11-20(22(13-18)38(3)44(4,41)42)33-21-14-23(35-29(40)17-8-9-17)34-27-25(21)36-28(26(30)31)39(27)24-7-5-6-12-43-24/h10-11,13-15,17,24,26H,5-9,12H2,1-4H3,(H2,33,34,35,40). The van der Waals surface area contributed by atoms with Gasteiger partial charge in [0.1, 0.15) is 17.6 Å². The molecule has 1 saturated heterocycles. The fraction of sp³-hybridized carbons (Fsp3) is 0.448. The van der Waals surface area contributed by atoms with E-state index in [1.807, 2.05) is 20.0 Å². The maximum Gasteiger partial charge on any atom is 0.295 e. The number of carbonyl (C=O) groups excluding carboxylic acids is 1. The zero-order valence-corrected chi connectivity index (χ0v) is 25.7. The monoisotopic (exact) mass is 628 g/mol. The van der Waals surface area contributed by atoms with Crippen LogP contribution in [0.15, 0.2) is 30.5 Å². The third kappa shape index (κ3) is 5.73. The number of rotatable bonds is 9. The maximum atomic E-state index is 14.4. The molecule has 15 heteroatoms. The Bertz CT molecular complexity index is 1850. The lowest BCUT2D eigenvalue weighted by molar-refractivity contribution is -0.117.